The van der Waals surface area contributed by atoms with Gasteiger partial charge in [-0.05, 0) is 50.4 Å². The molecular weight excluding hydrogens is 238 g/mol. The summed E-state index contributed by atoms with van der Waals surface area (Å²) in [7, 11) is 2.00. The molecule has 2 atom stereocenters. The van der Waals surface area contributed by atoms with Crippen LogP contribution in [0.4, 0.5) is 0 Å². The highest BCUT2D eigenvalue weighted by Gasteiger charge is 2.14. The van der Waals surface area contributed by atoms with E-state index in [1.165, 1.54) is 18.4 Å². The highest BCUT2D eigenvalue weighted by Crippen LogP contribution is 2.22. The lowest BCUT2D eigenvalue weighted by Gasteiger charge is -2.23. The maximum Gasteiger partial charge on any atom is 0.119 e. The Morgan fingerprint density at radius 3 is 3.00 bits per heavy atom. The molecule has 3 nitrogen and oxygen atoms in total. The van der Waals surface area contributed by atoms with Crippen molar-refractivity contribution < 1.29 is 9.47 Å². The van der Waals surface area contributed by atoms with Crippen LogP contribution in [0.5, 0.6) is 5.75 Å². The van der Waals surface area contributed by atoms with Gasteiger partial charge in [-0.25, -0.2) is 0 Å². The Bertz CT molecular complexity index is 371. The smallest absolute Gasteiger partial charge is 0.119 e. The zero-order valence-electron chi connectivity index (χ0n) is 12.0. The summed E-state index contributed by atoms with van der Waals surface area (Å²) in [4.78, 5) is 0. The SMILES string of the molecule is CCC(NC)c1cccc(OCC2CCCCO2)c1. The van der Waals surface area contributed by atoms with Crippen molar-refractivity contribution in [3.8, 4) is 5.75 Å². The van der Waals surface area contributed by atoms with Gasteiger partial charge < -0.3 is 14.8 Å². The van der Waals surface area contributed by atoms with Crippen molar-refractivity contribution >= 4 is 0 Å². The molecule has 1 aromatic carbocycles. The summed E-state index contributed by atoms with van der Waals surface area (Å²) in [6, 6.07) is 8.76. The average molecular weight is 263 g/mol. The molecule has 0 amide bonds. The molecule has 2 unspecified atom stereocenters. The Balaban J connectivity index is 1.90. The van der Waals surface area contributed by atoms with Crippen molar-refractivity contribution in [3.63, 3.8) is 0 Å². The molecule has 0 radical (unpaired) electrons. The first kappa shape index (κ1) is 14.4. The van der Waals surface area contributed by atoms with Crippen molar-refractivity contribution in [3.05, 3.63) is 29.8 Å². The second kappa shape index (κ2) is 7.51. The first-order valence-corrected chi connectivity index (χ1v) is 7.35. The third-order valence-electron chi connectivity index (χ3n) is 3.73. The summed E-state index contributed by atoms with van der Waals surface area (Å²) in [6.07, 6.45) is 4.90. The Labute approximate surface area is 116 Å². The molecule has 1 aliphatic rings. The quantitative estimate of drug-likeness (QED) is 0.854. The van der Waals surface area contributed by atoms with Crippen molar-refractivity contribution in [1.29, 1.82) is 0 Å². The van der Waals surface area contributed by atoms with Gasteiger partial charge in [-0.1, -0.05) is 19.1 Å². The van der Waals surface area contributed by atoms with Gasteiger partial charge in [0.15, 0.2) is 0 Å². The van der Waals surface area contributed by atoms with Crippen LogP contribution in [0.25, 0.3) is 0 Å². The van der Waals surface area contributed by atoms with E-state index in [-0.39, 0.29) is 6.10 Å². The fourth-order valence-electron chi connectivity index (χ4n) is 2.56. The number of benzene rings is 1. The average Bonchev–Trinajstić information content (AvgIpc) is 2.48. The number of nitrogens with one attached hydrogen (secondary N) is 1. The number of ether oxygens (including phenoxy) is 2. The van der Waals surface area contributed by atoms with Gasteiger partial charge in [-0.3, -0.25) is 0 Å². The summed E-state index contributed by atoms with van der Waals surface area (Å²) in [5.74, 6) is 0.945. The van der Waals surface area contributed by atoms with Crippen molar-refractivity contribution in [1.82, 2.24) is 5.32 Å². The van der Waals surface area contributed by atoms with Crippen LogP contribution in [0, 0.1) is 0 Å². The molecule has 1 aromatic rings. The van der Waals surface area contributed by atoms with E-state index in [9.17, 15) is 0 Å². The molecule has 0 saturated carbocycles. The molecule has 0 aromatic heterocycles. The minimum atomic E-state index is 0.267. The summed E-state index contributed by atoms with van der Waals surface area (Å²) < 4.78 is 11.6. The third-order valence-corrected chi connectivity index (χ3v) is 3.73. The Kier molecular flexibility index (Phi) is 5.67. The van der Waals surface area contributed by atoms with Gasteiger partial charge in [0.1, 0.15) is 12.4 Å². The Morgan fingerprint density at radius 1 is 1.42 bits per heavy atom. The van der Waals surface area contributed by atoms with Gasteiger partial charge in [-0.15, -0.1) is 0 Å². The summed E-state index contributed by atoms with van der Waals surface area (Å²) in [6.45, 7) is 3.73. The number of hydrogen-bond acceptors (Lipinski definition) is 3. The lowest BCUT2D eigenvalue weighted by molar-refractivity contribution is -0.0110. The maximum absolute atomic E-state index is 5.87. The fourth-order valence-corrected chi connectivity index (χ4v) is 2.56. The predicted octanol–water partition coefficient (Wildman–Crippen LogP) is 3.31. The molecule has 0 spiro atoms. The highest BCUT2D eigenvalue weighted by molar-refractivity contribution is 5.30. The van der Waals surface area contributed by atoms with E-state index in [0.29, 0.717) is 12.6 Å². The van der Waals surface area contributed by atoms with Crippen molar-refractivity contribution in [2.75, 3.05) is 20.3 Å². The van der Waals surface area contributed by atoms with Gasteiger partial charge in [0, 0.05) is 12.6 Å². The van der Waals surface area contributed by atoms with Crippen LogP contribution >= 0.6 is 0 Å². The molecule has 1 saturated heterocycles. The Hall–Kier alpha value is -1.06. The van der Waals surface area contributed by atoms with Crippen LogP contribution in [0.1, 0.15) is 44.2 Å². The van der Waals surface area contributed by atoms with E-state index in [4.69, 9.17) is 9.47 Å². The van der Waals surface area contributed by atoms with Crippen LogP contribution in [0.3, 0.4) is 0 Å². The number of hydrogen-bond donors (Lipinski definition) is 1. The fraction of sp³-hybridized carbons (Fsp3) is 0.625. The molecular formula is C16H25NO2. The first-order valence-electron chi connectivity index (χ1n) is 7.35. The molecule has 0 aliphatic carbocycles. The van der Waals surface area contributed by atoms with Crippen LogP contribution in [-0.4, -0.2) is 26.4 Å². The Morgan fingerprint density at radius 2 is 2.32 bits per heavy atom. The normalized spacial score (nSPS) is 21.1. The third kappa shape index (κ3) is 4.22. The molecule has 1 fully saturated rings. The van der Waals surface area contributed by atoms with Crippen molar-refractivity contribution in [2.24, 2.45) is 0 Å². The van der Waals surface area contributed by atoms with E-state index in [2.05, 4.69) is 30.4 Å². The van der Waals surface area contributed by atoms with Crippen LogP contribution < -0.4 is 10.1 Å². The topological polar surface area (TPSA) is 30.5 Å². The second-order valence-electron chi connectivity index (χ2n) is 5.12. The zero-order valence-corrected chi connectivity index (χ0v) is 12.0. The first-order chi connectivity index (χ1) is 9.33. The van der Waals surface area contributed by atoms with Gasteiger partial charge in [0.05, 0.1) is 6.10 Å². The van der Waals surface area contributed by atoms with Gasteiger partial charge in [0.25, 0.3) is 0 Å². The van der Waals surface area contributed by atoms with E-state index in [1.807, 2.05) is 13.1 Å². The van der Waals surface area contributed by atoms with Crippen LogP contribution in [0.2, 0.25) is 0 Å². The molecule has 19 heavy (non-hydrogen) atoms. The van der Waals surface area contributed by atoms with Gasteiger partial charge in [0.2, 0.25) is 0 Å². The standard InChI is InChI=1S/C16H25NO2/c1-3-16(17-2)13-7-6-9-14(11-13)19-12-15-8-4-5-10-18-15/h6-7,9,11,15-17H,3-5,8,10,12H2,1-2H3. The van der Waals surface area contributed by atoms with Gasteiger partial charge in [-0.2, -0.15) is 0 Å². The zero-order chi connectivity index (χ0) is 13.5. The lowest BCUT2D eigenvalue weighted by Crippen LogP contribution is -2.25. The van der Waals surface area contributed by atoms with E-state index in [1.54, 1.807) is 0 Å². The molecule has 1 N–H and O–H groups in total. The van der Waals surface area contributed by atoms with Crippen LogP contribution in [-0.2, 0) is 4.74 Å². The lowest BCUT2D eigenvalue weighted by atomic mass is 10.0. The van der Waals surface area contributed by atoms with E-state index >= 15 is 0 Å². The van der Waals surface area contributed by atoms with E-state index in [0.717, 1.165) is 25.2 Å². The minimum Gasteiger partial charge on any atom is -0.491 e. The largest absolute Gasteiger partial charge is 0.491 e. The molecule has 1 aliphatic heterocycles. The monoisotopic (exact) mass is 263 g/mol. The molecule has 106 valence electrons. The number of rotatable bonds is 6. The van der Waals surface area contributed by atoms with Gasteiger partial charge >= 0.3 is 0 Å². The predicted molar refractivity (Wildman–Crippen MR) is 77.6 cm³/mol. The second-order valence-corrected chi connectivity index (χ2v) is 5.12. The van der Waals surface area contributed by atoms with E-state index < -0.39 is 0 Å². The summed E-state index contributed by atoms with van der Waals surface area (Å²) in [5.41, 5.74) is 1.28. The maximum atomic E-state index is 5.87. The molecule has 0 bridgehead atoms. The highest BCUT2D eigenvalue weighted by atomic mass is 16.5. The molecule has 3 heteroatoms. The minimum absolute atomic E-state index is 0.267. The summed E-state index contributed by atoms with van der Waals surface area (Å²) in [5, 5.41) is 3.32. The van der Waals surface area contributed by atoms with Crippen molar-refractivity contribution in [2.45, 2.75) is 44.8 Å². The summed E-state index contributed by atoms with van der Waals surface area (Å²) >= 11 is 0. The van der Waals surface area contributed by atoms with Crippen LogP contribution in [0.15, 0.2) is 24.3 Å². The molecule has 1 heterocycles. The molecule has 2 rings (SSSR count).